The second-order valence-electron chi connectivity index (χ2n) is 10.5. The summed E-state index contributed by atoms with van der Waals surface area (Å²) < 4.78 is 5.02. The molecule has 178 valence electrons. The van der Waals surface area contributed by atoms with Crippen LogP contribution in [0.4, 0.5) is 0 Å². The maximum atomic E-state index is 2.64. The Hall–Kier alpha value is -4.30. The third-order valence-electron chi connectivity index (χ3n) is 8.42. The number of rotatable bonds is 3. The topological polar surface area (TPSA) is 9.86 Å². The van der Waals surface area contributed by atoms with E-state index in [1.54, 1.807) is 0 Å². The van der Waals surface area contributed by atoms with Crippen molar-refractivity contribution in [3.05, 3.63) is 115 Å². The van der Waals surface area contributed by atoms with Crippen molar-refractivity contribution in [1.29, 1.82) is 0 Å². The van der Waals surface area contributed by atoms with E-state index < -0.39 is 0 Å². The molecule has 0 aliphatic heterocycles. The van der Waals surface area contributed by atoms with Crippen LogP contribution in [-0.2, 0) is 0 Å². The van der Waals surface area contributed by atoms with E-state index in [1.807, 2.05) is 0 Å². The smallest absolute Gasteiger partial charge is 0.0541 e. The zero-order valence-electron chi connectivity index (χ0n) is 20.8. The van der Waals surface area contributed by atoms with Crippen molar-refractivity contribution in [3.63, 3.8) is 0 Å². The normalized spacial score (nSPS) is 14.5. The fourth-order valence-corrected chi connectivity index (χ4v) is 6.74. The predicted octanol–water partition coefficient (Wildman–Crippen LogP) is 9.67. The van der Waals surface area contributed by atoms with Crippen molar-refractivity contribution >= 4 is 43.6 Å². The molecule has 1 saturated carbocycles. The van der Waals surface area contributed by atoms with Crippen molar-refractivity contribution in [1.82, 2.24) is 9.13 Å². The third-order valence-corrected chi connectivity index (χ3v) is 8.42. The fourth-order valence-electron chi connectivity index (χ4n) is 6.74. The van der Waals surface area contributed by atoms with Gasteiger partial charge in [-0.25, -0.2) is 0 Å². The van der Waals surface area contributed by atoms with Gasteiger partial charge in [-0.15, -0.1) is 0 Å². The molecule has 5 aromatic carbocycles. The molecule has 0 N–H and O–H groups in total. The third kappa shape index (κ3) is 3.12. The quantitative estimate of drug-likeness (QED) is 0.240. The van der Waals surface area contributed by atoms with Crippen LogP contribution < -0.4 is 0 Å². The highest BCUT2D eigenvalue weighted by atomic mass is 15.0. The molecule has 0 unspecified atom stereocenters. The Balaban J connectivity index is 1.36. The van der Waals surface area contributed by atoms with Crippen LogP contribution in [0.15, 0.2) is 115 Å². The Bertz CT molecular complexity index is 1930. The van der Waals surface area contributed by atoms with E-state index in [9.17, 15) is 0 Å². The van der Waals surface area contributed by atoms with E-state index in [0.717, 1.165) is 0 Å². The average Bonchev–Trinajstić information content (AvgIpc) is 3.68. The molecule has 0 radical (unpaired) electrons. The number of benzene rings is 5. The Morgan fingerprint density at radius 1 is 0.459 bits per heavy atom. The van der Waals surface area contributed by atoms with Gasteiger partial charge in [-0.05, 0) is 66.4 Å². The zero-order chi connectivity index (χ0) is 24.3. The molecule has 8 rings (SSSR count). The first-order chi connectivity index (χ1) is 18.4. The van der Waals surface area contributed by atoms with Crippen molar-refractivity contribution in [3.8, 4) is 16.8 Å². The summed E-state index contributed by atoms with van der Waals surface area (Å²) in [5.41, 5.74) is 9.00. The van der Waals surface area contributed by atoms with Crippen molar-refractivity contribution in [2.24, 2.45) is 0 Å². The summed E-state index contributed by atoms with van der Waals surface area (Å²) in [6, 6.07) is 43.1. The second-order valence-corrected chi connectivity index (χ2v) is 10.5. The SMILES string of the molecule is c1ccc(-n2c3ccccc3c3cc(-c4ccc5c6ccccc6n(C6CCCC6)c5c4)ccc32)cc1. The molecular weight excluding hydrogens is 448 g/mol. The Kier molecular flexibility index (Phi) is 4.57. The first kappa shape index (κ1) is 20.8. The molecule has 1 fully saturated rings. The number of hydrogen-bond acceptors (Lipinski definition) is 0. The molecule has 7 aromatic rings. The van der Waals surface area contributed by atoms with Gasteiger partial charge in [-0.2, -0.15) is 0 Å². The number of aromatic nitrogens is 2. The molecule has 0 spiro atoms. The van der Waals surface area contributed by atoms with Crippen LogP contribution in [0.2, 0.25) is 0 Å². The summed E-state index contributed by atoms with van der Waals surface area (Å²) in [5, 5.41) is 5.34. The van der Waals surface area contributed by atoms with Gasteiger partial charge in [0.2, 0.25) is 0 Å². The summed E-state index contributed by atoms with van der Waals surface area (Å²) >= 11 is 0. The molecule has 0 saturated heterocycles. The first-order valence-electron chi connectivity index (χ1n) is 13.5. The Morgan fingerprint density at radius 2 is 1.05 bits per heavy atom. The number of para-hydroxylation sites is 3. The van der Waals surface area contributed by atoms with Crippen LogP contribution in [-0.4, -0.2) is 9.13 Å². The van der Waals surface area contributed by atoms with E-state index in [-0.39, 0.29) is 0 Å². The summed E-state index contributed by atoms with van der Waals surface area (Å²) in [6.07, 6.45) is 5.23. The minimum atomic E-state index is 0.601. The molecule has 2 heteroatoms. The Morgan fingerprint density at radius 3 is 1.86 bits per heavy atom. The monoisotopic (exact) mass is 476 g/mol. The molecule has 1 aliphatic rings. The van der Waals surface area contributed by atoms with Crippen LogP contribution in [0, 0.1) is 0 Å². The van der Waals surface area contributed by atoms with Crippen molar-refractivity contribution in [2.75, 3.05) is 0 Å². The minimum absolute atomic E-state index is 0.601. The highest BCUT2D eigenvalue weighted by molar-refractivity contribution is 6.12. The molecule has 0 bridgehead atoms. The maximum Gasteiger partial charge on any atom is 0.0541 e. The summed E-state index contributed by atoms with van der Waals surface area (Å²) in [7, 11) is 0. The summed E-state index contributed by atoms with van der Waals surface area (Å²) in [6.45, 7) is 0. The van der Waals surface area contributed by atoms with Gasteiger partial charge in [0, 0.05) is 44.3 Å². The lowest BCUT2D eigenvalue weighted by molar-refractivity contribution is 0.550. The molecular formula is C35H28N2. The highest BCUT2D eigenvalue weighted by Crippen LogP contribution is 2.40. The molecule has 0 amide bonds. The molecule has 0 atom stereocenters. The van der Waals surface area contributed by atoms with Gasteiger partial charge in [-0.1, -0.05) is 85.6 Å². The Labute approximate surface area is 216 Å². The van der Waals surface area contributed by atoms with Gasteiger partial charge < -0.3 is 9.13 Å². The van der Waals surface area contributed by atoms with Gasteiger partial charge in [-0.3, -0.25) is 0 Å². The lowest BCUT2D eigenvalue weighted by atomic mass is 10.0. The number of nitrogens with zero attached hydrogens (tertiary/aromatic N) is 2. The standard InChI is InChI=1S/C35H28N2/c1-2-10-26(11-3-1)36-33-17-9-7-15-29(33)31-22-24(19-21-34(31)36)25-18-20-30-28-14-6-8-16-32(28)37(35(30)23-25)27-12-4-5-13-27/h1-3,6-11,14-23,27H,4-5,12-13H2. The number of fused-ring (bicyclic) bond motifs is 6. The van der Waals surface area contributed by atoms with Crippen LogP contribution >= 0.6 is 0 Å². The lowest BCUT2D eigenvalue weighted by Gasteiger charge is -2.16. The molecule has 2 heterocycles. The maximum absolute atomic E-state index is 2.64. The largest absolute Gasteiger partial charge is 0.337 e. The summed E-state index contributed by atoms with van der Waals surface area (Å²) in [5.74, 6) is 0. The zero-order valence-corrected chi connectivity index (χ0v) is 20.8. The van der Waals surface area contributed by atoms with Crippen LogP contribution in [0.1, 0.15) is 31.7 Å². The van der Waals surface area contributed by atoms with Crippen molar-refractivity contribution in [2.45, 2.75) is 31.7 Å². The first-order valence-corrected chi connectivity index (χ1v) is 13.5. The lowest BCUT2D eigenvalue weighted by Crippen LogP contribution is -2.03. The second kappa shape index (κ2) is 8.11. The van der Waals surface area contributed by atoms with Gasteiger partial charge in [0.05, 0.1) is 11.0 Å². The number of hydrogen-bond donors (Lipinski definition) is 0. The van der Waals surface area contributed by atoms with E-state index in [1.165, 1.54) is 86.1 Å². The molecule has 2 aromatic heterocycles. The van der Waals surface area contributed by atoms with Gasteiger partial charge in [0.25, 0.3) is 0 Å². The molecule has 1 aliphatic carbocycles. The van der Waals surface area contributed by atoms with Gasteiger partial charge in [0.1, 0.15) is 0 Å². The van der Waals surface area contributed by atoms with Crippen LogP contribution in [0.3, 0.4) is 0 Å². The van der Waals surface area contributed by atoms with Crippen LogP contribution in [0.25, 0.3) is 60.4 Å². The fraction of sp³-hybridized carbons (Fsp3) is 0.143. The van der Waals surface area contributed by atoms with E-state index in [2.05, 4.69) is 124 Å². The van der Waals surface area contributed by atoms with E-state index in [4.69, 9.17) is 0 Å². The highest BCUT2D eigenvalue weighted by Gasteiger charge is 2.22. The van der Waals surface area contributed by atoms with E-state index >= 15 is 0 Å². The summed E-state index contributed by atoms with van der Waals surface area (Å²) in [4.78, 5) is 0. The predicted molar refractivity (Wildman–Crippen MR) is 157 cm³/mol. The van der Waals surface area contributed by atoms with Gasteiger partial charge >= 0.3 is 0 Å². The minimum Gasteiger partial charge on any atom is -0.337 e. The average molecular weight is 477 g/mol. The molecule has 2 nitrogen and oxygen atoms in total. The van der Waals surface area contributed by atoms with Gasteiger partial charge in [0.15, 0.2) is 0 Å². The van der Waals surface area contributed by atoms with Crippen molar-refractivity contribution < 1.29 is 0 Å². The molecule has 37 heavy (non-hydrogen) atoms. The van der Waals surface area contributed by atoms with Crippen LogP contribution in [0.5, 0.6) is 0 Å². The van der Waals surface area contributed by atoms with E-state index in [0.29, 0.717) is 6.04 Å².